The number of halogens is 1. The van der Waals surface area contributed by atoms with Gasteiger partial charge in [0.15, 0.2) is 0 Å². The van der Waals surface area contributed by atoms with Crippen molar-refractivity contribution in [3.05, 3.63) is 95.8 Å². The Morgan fingerprint density at radius 3 is 2.21 bits per heavy atom. The number of anilines is 1. The van der Waals surface area contributed by atoms with Crippen molar-refractivity contribution in [1.82, 2.24) is 10.2 Å². The number of aryl methyl sites for hydroxylation is 1. The van der Waals surface area contributed by atoms with Crippen LogP contribution >= 0.6 is 0 Å². The minimum absolute atomic E-state index is 0.0536. The lowest BCUT2D eigenvalue weighted by Gasteiger charge is -2.34. The molecular formula is C33H40FN3O4S. The number of nitrogens with zero attached hydrogens (tertiary/aromatic N) is 2. The maximum atomic E-state index is 15.1. The fourth-order valence-electron chi connectivity index (χ4n) is 5.44. The third-order valence-corrected chi connectivity index (χ3v) is 9.60. The zero-order valence-electron chi connectivity index (χ0n) is 24.3. The topological polar surface area (TPSA) is 86.8 Å². The number of nitrogens with one attached hydrogen (secondary N) is 1. The minimum atomic E-state index is -4.32. The van der Waals surface area contributed by atoms with Gasteiger partial charge in [-0.25, -0.2) is 12.8 Å². The van der Waals surface area contributed by atoms with Crippen LogP contribution in [0.2, 0.25) is 0 Å². The first-order valence-corrected chi connectivity index (χ1v) is 16.1. The van der Waals surface area contributed by atoms with Gasteiger partial charge in [-0.05, 0) is 62.4 Å². The van der Waals surface area contributed by atoms with Crippen LogP contribution in [0, 0.1) is 12.7 Å². The Kier molecular flexibility index (Phi) is 10.7. The average Bonchev–Trinajstić information content (AvgIpc) is 2.99. The number of benzene rings is 3. The molecule has 0 aromatic heterocycles. The van der Waals surface area contributed by atoms with Gasteiger partial charge < -0.3 is 10.2 Å². The quantitative estimate of drug-likeness (QED) is 0.295. The van der Waals surface area contributed by atoms with E-state index in [0.29, 0.717) is 12.8 Å². The summed E-state index contributed by atoms with van der Waals surface area (Å²) >= 11 is 0. The molecule has 0 spiro atoms. The van der Waals surface area contributed by atoms with Crippen molar-refractivity contribution >= 4 is 27.5 Å². The number of hydrogen-bond donors (Lipinski definition) is 1. The van der Waals surface area contributed by atoms with Crippen LogP contribution in [-0.2, 0) is 26.0 Å². The van der Waals surface area contributed by atoms with Crippen molar-refractivity contribution < 1.29 is 22.4 Å². The summed E-state index contributed by atoms with van der Waals surface area (Å²) in [5, 5.41) is 3.13. The lowest BCUT2D eigenvalue weighted by Crippen LogP contribution is -2.54. The molecule has 224 valence electrons. The Hall–Kier alpha value is -3.72. The molecule has 1 atom stereocenters. The summed E-state index contributed by atoms with van der Waals surface area (Å²) in [5.41, 5.74) is 1.62. The van der Waals surface area contributed by atoms with E-state index in [0.717, 1.165) is 53.6 Å². The molecule has 0 saturated heterocycles. The Morgan fingerprint density at radius 2 is 1.57 bits per heavy atom. The molecule has 0 bridgehead atoms. The number of amides is 2. The Bertz CT molecular complexity index is 1440. The first-order chi connectivity index (χ1) is 20.2. The second-order valence-corrected chi connectivity index (χ2v) is 12.7. The van der Waals surface area contributed by atoms with Crippen molar-refractivity contribution in [2.75, 3.05) is 17.4 Å². The smallest absolute Gasteiger partial charge is 0.264 e. The molecular weight excluding hydrogens is 553 g/mol. The molecule has 0 aliphatic heterocycles. The van der Waals surface area contributed by atoms with Crippen molar-refractivity contribution in [2.24, 2.45) is 0 Å². The van der Waals surface area contributed by atoms with E-state index in [9.17, 15) is 18.0 Å². The number of carbonyl (C=O) groups excluding carboxylic acids is 2. The molecule has 3 aromatic carbocycles. The predicted octanol–water partition coefficient (Wildman–Crippen LogP) is 5.63. The SMILES string of the molecule is CC[C@@H](C(=O)NC1CCCCC1)N(CCc1ccccc1)C(=O)CN(c1ccccc1F)S(=O)(=O)c1ccc(C)cc1. The Morgan fingerprint density at radius 1 is 0.929 bits per heavy atom. The highest BCUT2D eigenvalue weighted by Gasteiger charge is 2.35. The van der Waals surface area contributed by atoms with Crippen molar-refractivity contribution in [3.8, 4) is 0 Å². The van der Waals surface area contributed by atoms with E-state index in [4.69, 9.17) is 0 Å². The number of hydrogen-bond acceptors (Lipinski definition) is 4. The lowest BCUT2D eigenvalue weighted by atomic mass is 9.95. The van der Waals surface area contributed by atoms with Crippen LogP contribution in [0.1, 0.15) is 56.6 Å². The highest BCUT2D eigenvalue weighted by molar-refractivity contribution is 7.92. The first kappa shape index (κ1) is 31.2. The van der Waals surface area contributed by atoms with E-state index in [1.165, 1.54) is 35.2 Å². The first-order valence-electron chi connectivity index (χ1n) is 14.7. The monoisotopic (exact) mass is 593 g/mol. The zero-order chi connectivity index (χ0) is 30.1. The van der Waals surface area contributed by atoms with Gasteiger partial charge in [0.2, 0.25) is 11.8 Å². The van der Waals surface area contributed by atoms with E-state index in [1.807, 2.05) is 44.2 Å². The summed E-state index contributed by atoms with van der Waals surface area (Å²) in [4.78, 5) is 29.1. The second-order valence-electron chi connectivity index (χ2n) is 10.9. The van der Waals surface area contributed by atoms with Gasteiger partial charge in [0.1, 0.15) is 18.4 Å². The van der Waals surface area contributed by atoms with E-state index in [2.05, 4.69) is 5.32 Å². The molecule has 1 N–H and O–H groups in total. The predicted molar refractivity (Wildman–Crippen MR) is 163 cm³/mol. The molecule has 4 rings (SSSR count). The molecule has 1 aliphatic rings. The summed E-state index contributed by atoms with van der Waals surface area (Å²) < 4.78 is 43.7. The van der Waals surface area contributed by atoms with Gasteiger partial charge in [-0.2, -0.15) is 0 Å². The summed E-state index contributed by atoms with van der Waals surface area (Å²) in [5.74, 6) is -1.58. The molecule has 7 nitrogen and oxygen atoms in total. The minimum Gasteiger partial charge on any atom is -0.352 e. The van der Waals surface area contributed by atoms with Gasteiger partial charge in [0.25, 0.3) is 10.0 Å². The van der Waals surface area contributed by atoms with E-state index < -0.39 is 34.3 Å². The highest BCUT2D eigenvalue weighted by Crippen LogP contribution is 2.27. The van der Waals surface area contributed by atoms with Gasteiger partial charge in [-0.3, -0.25) is 13.9 Å². The van der Waals surface area contributed by atoms with Crippen molar-refractivity contribution in [1.29, 1.82) is 0 Å². The molecule has 1 aliphatic carbocycles. The maximum absolute atomic E-state index is 15.1. The normalized spacial score (nSPS) is 14.6. The van der Waals surface area contributed by atoms with Crippen LogP contribution in [0.4, 0.5) is 10.1 Å². The molecule has 9 heteroatoms. The zero-order valence-corrected chi connectivity index (χ0v) is 25.2. The third-order valence-electron chi connectivity index (χ3n) is 7.83. The van der Waals surface area contributed by atoms with Crippen LogP contribution in [0.3, 0.4) is 0 Å². The largest absolute Gasteiger partial charge is 0.352 e. The van der Waals surface area contributed by atoms with Crippen LogP contribution in [0.15, 0.2) is 83.8 Å². The lowest BCUT2D eigenvalue weighted by molar-refractivity contribution is -0.140. The standard InChI is InChI=1S/C33H40FN3O4S/c1-3-30(33(39)35-27-14-8-5-9-15-27)36(23-22-26-12-6-4-7-13-26)32(38)24-37(31-17-11-10-16-29(31)34)42(40,41)28-20-18-25(2)19-21-28/h4,6-7,10-13,16-21,27,30H,3,5,8-9,14-15,22-24H2,1-2H3,(H,35,39)/t30-/m0/s1. The van der Waals surface area contributed by atoms with E-state index >= 15 is 4.39 Å². The summed E-state index contributed by atoms with van der Waals surface area (Å²) in [6, 6.07) is 20.6. The number of rotatable bonds is 12. The highest BCUT2D eigenvalue weighted by atomic mass is 32.2. The van der Waals surface area contributed by atoms with Gasteiger partial charge in [0.05, 0.1) is 10.6 Å². The summed E-state index contributed by atoms with van der Waals surface area (Å²) in [6.07, 6.45) is 5.87. The van der Waals surface area contributed by atoms with E-state index in [1.54, 1.807) is 12.1 Å². The fraction of sp³-hybridized carbons (Fsp3) is 0.394. The average molecular weight is 594 g/mol. The summed E-state index contributed by atoms with van der Waals surface area (Å²) in [7, 11) is -4.32. The molecule has 1 saturated carbocycles. The van der Waals surface area contributed by atoms with E-state index in [-0.39, 0.29) is 29.1 Å². The van der Waals surface area contributed by atoms with Crippen LogP contribution in [-0.4, -0.2) is 50.3 Å². The van der Waals surface area contributed by atoms with Crippen molar-refractivity contribution in [3.63, 3.8) is 0 Å². The molecule has 2 amide bonds. The van der Waals surface area contributed by atoms with Gasteiger partial charge in [0, 0.05) is 12.6 Å². The molecule has 3 aromatic rings. The van der Waals surface area contributed by atoms with Crippen LogP contribution in [0.5, 0.6) is 0 Å². The number of sulfonamides is 1. The second kappa shape index (κ2) is 14.4. The van der Waals surface area contributed by atoms with Crippen LogP contribution < -0.4 is 9.62 Å². The molecule has 0 heterocycles. The maximum Gasteiger partial charge on any atom is 0.264 e. The van der Waals surface area contributed by atoms with Gasteiger partial charge >= 0.3 is 0 Å². The summed E-state index contributed by atoms with van der Waals surface area (Å²) in [6.45, 7) is 3.22. The molecule has 1 fully saturated rings. The number of carbonyl (C=O) groups is 2. The van der Waals surface area contributed by atoms with Gasteiger partial charge in [-0.15, -0.1) is 0 Å². The van der Waals surface area contributed by atoms with Crippen molar-refractivity contribution in [2.45, 2.75) is 75.8 Å². The third kappa shape index (κ3) is 7.76. The Labute approximate surface area is 248 Å². The number of para-hydroxylation sites is 1. The molecule has 42 heavy (non-hydrogen) atoms. The molecule has 0 unspecified atom stereocenters. The van der Waals surface area contributed by atoms with Gasteiger partial charge in [-0.1, -0.05) is 86.3 Å². The Balaban J connectivity index is 1.67. The van der Waals surface area contributed by atoms with Crippen LogP contribution in [0.25, 0.3) is 0 Å². The fourth-order valence-corrected chi connectivity index (χ4v) is 6.87. The molecule has 0 radical (unpaired) electrons.